The van der Waals surface area contributed by atoms with Crippen LogP contribution in [0.4, 0.5) is 4.79 Å². The van der Waals surface area contributed by atoms with E-state index in [0.29, 0.717) is 11.3 Å². The maximum atomic E-state index is 12.9. The van der Waals surface area contributed by atoms with Gasteiger partial charge in [-0.1, -0.05) is 24.6 Å². The van der Waals surface area contributed by atoms with Gasteiger partial charge in [-0.2, -0.15) is 0 Å². The number of hydrogen-bond donors (Lipinski definition) is 2. The number of nitrogens with one attached hydrogen (secondary N) is 2. The minimum atomic E-state index is -0.548. The van der Waals surface area contributed by atoms with Crippen molar-refractivity contribution in [3.8, 4) is 5.75 Å². The van der Waals surface area contributed by atoms with Crippen molar-refractivity contribution in [2.24, 2.45) is 0 Å². The van der Waals surface area contributed by atoms with Crippen LogP contribution >= 0.6 is 0 Å². The number of amides is 2. The van der Waals surface area contributed by atoms with Crippen molar-refractivity contribution in [3.05, 3.63) is 41.0 Å². The first-order valence-electron chi connectivity index (χ1n) is 10.7. The van der Waals surface area contributed by atoms with Gasteiger partial charge in [0.15, 0.2) is 0 Å². The lowest BCUT2D eigenvalue weighted by atomic mass is 10.0. The molecule has 2 N–H and O–H groups in total. The number of rotatable bonds is 8. The highest BCUT2D eigenvalue weighted by Gasteiger charge is 2.45. The number of hydrogen-bond acceptors (Lipinski definition) is 4. The molecular weight excluding hydrogens is 380 g/mol. The first-order valence-corrected chi connectivity index (χ1v) is 10.7. The van der Waals surface area contributed by atoms with E-state index >= 15 is 0 Å². The van der Waals surface area contributed by atoms with Gasteiger partial charge in [0.2, 0.25) is 0 Å². The van der Waals surface area contributed by atoms with Gasteiger partial charge in [-0.3, -0.25) is 4.79 Å². The lowest BCUT2D eigenvalue weighted by molar-refractivity contribution is 0.0494. The number of allylic oxidation sites excluding steroid dienone is 1. The SMILES string of the molecule is CC/C=C(\C)C1(NC(=O)c2cc(OC[C@H](C)NC(=O)OC(C)(C)C)ccc2C)CC1. The molecule has 30 heavy (non-hydrogen) atoms. The van der Waals surface area contributed by atoms with Crippen LogP contribution in [0, 0.1) is 6.92 Å². The predicted molar refractivity (Wildman–Crippen MR) is 119 cm³/mol. The molecule has 1 aliphatic carbocycles. The number of alkyl carbamates (subject to hydrolysis) is 1. The van der Waals surface area contributed by atoms with E-state index < -0.39 is 11.7 Å². The minimum absolute atomic E-state index is 0.0840. The second-order valence-corrected chi connectivity index (χ2v) is 9.17. The van der Waals surface area contributed by atoms with Crippen LogP contribution in [0.15, 0.2) is 29.8 Å². The van der Waals surface area contributed by atoms with Crippen molar-refractivity contribution in [2.75, 3.05) is 6.61 Å². The molecule has 0 spiro atoms. The third kappa shape index (κ3) is 6.78. The summed E-state index contributed by atoms with van der Waals surface area (Å²) in [6, 6.07) is 5.24. The van der Waals surface area contributed by atoms with Crippen molar-refractivity contribution in [1.29, 1.82) is 0 Å². The van der Waals surface area contributed by atoms with E-state index in [1.807, 2.05) is 46.8 Å². The Morgan fingerprint density at radius 2 is 1.93 bits per heavy atom. The summed E-state index contributed by atoms with van der Waals surface area (Å²) in [5.41, 5.74) is 1.99. The molecular formula is C24H36N2O4. The van der Waals surface area contributed by atoms with Crippen molar-refractivity contribution in [1.82, 2.24) is 10.6 Å². The van der Waals surface area contributed by atoms with Crippen LogP contribution in [0.25, 0.3) is 0 Å². The smallest absolute Gasteiger partial charge is 0.407 e. The minimum Gasteiger partial charge on any atom is -0.491 e. The fourth-order valence-corrected chi connectivity index (χ4v) is 3.24. The van der Waals surface area contributed by atoms with Crippen LogP contribution in [0.2, 0.25) is 0 Å². The van der Waals surface area contributed by atoms with E-state index in [4.69, 9.17) is 9.47 Å². The molecule has 0 saturated heterocycles. The van der Waals surface area contributed by atoms with Gasteiger partial charge in [-0.25, -0.2) is 4.79 Å². The monoisotopic (exact) mass is 416 g/mol. The molecule has 1 aromatic rings. The average Bonchev–Trinajstić information content (AvgIpc) is 3.40. The van der Waals surface area contributed by atoms with Crippen LogP contribution in [-0.2, 0) is 4.74 Å². The number of carbonyl (C=O) groups is 2. The normalized spacial score (nSPS) is 16.4. The van der Waals surface area contributed by atoms with Crippen LogP contribution in [0.1, 0.15) is 76.7 Å². The Labute approximate surface area is 180 Å². The van der Waals surface area contributed by atoms with Gasteiger partial charge in [0.1, 0.15) is 18.0 Å². The van der Waals surface area contributed by atoms with Crippen LogP contribution in [-0.4, -0.2) is 35.8 Å². The Morgan fingerprint density at radius 1 is 1.27 bits per heavy atom. The highest BCUT2D eigenvalue weighted by Crippen LogP contribution is 2.42. The van der Waals surface area contributed by atoms with Crippen LogP contribution < -0.4 is 15.4 Å². The summed E-state index contributed by atoms with van der Waals surface area (Å²) in [6.07, 6.45) is 4.61. The van der Waals surface area contributed by atoms with Gasteiger partial charge >= 0.3 is 6.09 Å². The summed E-state index contributed by atoms with van der Waals surface area (Å²) in [5, 5.41) is 5.96. The number of benzene rings is 1. The van der Waals surface area contributed by atoms with Crippen molar-refractivity contribution in [3.63, 3.8) is 0 Å². The fourth-order valence-electron chi connectivity index (χ4n) is 3.24. The van der Waals surface area contributed by atoms with Crippen molar-refractivity contribution >= 4 is 12.0 Å². The molecule has 1 atom stereocenters. The zero-order valence-corrected chi connectivity index (χ0v) is 19.3. The second kappa shape index (κ2) is 9.54. The summed E-state index contributed by atoms with van der Waals surface area (Å²) in [6.45, 7) is 13.7. The fraction of sp³-hybridized carbons (Fsp3) is 0.583. The molecule has 1 aliphatic rings. The summed E-state index contributed by atoms with van der Waals surface area (Å²) in [7, 11) is 0. The third-order valence-electron chi connectivity index (χ3n) is 5.08. The molecule has 0 radical (unpaired) electrons. The number of carbonyl (C=O) groups excluding carboxylic acids is 2. The summed E-state index contributed by atoms with van der Waals surface area (Å²) in [5.74, 6) is 0.508. The van der Waals surface area contributed by atoms with E-state index in [9.17, 15) is 9.59 Å². The third-order valence-corrected chi connectivity index (χ3v) is 5.08. The first-order chi connectivity index (χ1) is 14.0. The summed E-state index contributed by atoms with van der Waals surface area (Å²) in [4.78, 5) is 24.8. The molecule has 0 heterocycles. The molecule has 0 unspecified atom stereocenters. The molecule has 0 aromatic heterocycles. The Kier molecular flexibility index (Phi) is 7.56. The van der Waals surface area contributed by atoms with Gasteiger partial charge in [0, 0.05) is 5.56 Å². The molecule has 2 rings (SSSR count). The molecule has 6 nitrogen and oxygen atoms in total. The zero-order valence-electron chi connectivity index (χ0n) is 19.3. The van der Waals surface area contributed by atoms with E-state index in [1.54, 1.807) is 6.07 Å². The number of aryl methyl sites for hydroxylation is 1. The second-order valence-electron chi connectivity index (χ2n) is 9.17. The zero-order chi connectivity index (χ0) is 22.5. The van der Waals surface area contributed by atoms with Crippen LogP contribution in [0.3, 0.4) is 0 Å². The molecule has 6 heteroatoms. The Morgan fingerprint density at radius 3 is 2.50 bits per heavy atom. The Hall–Kier alpha value is -2.50. The Balaban J connectivity index is 1.97. The van der Waals surface area contributed by atoms with E-state index in [-0.39, 0.29) is 24.1 Å². The summed E-state index contributed by atoms with van der Waals surface area (Å²) < 4.78 is 11.1. The predicted octanol–water partition coefficient (Wildman–Crippen LogP) is 4.91. The standard InChI is InChI=1S/C24H36N2O4/c1-8-9-17(3)24(12-13-24)26-21(27)20-14-19(11-10-16(20)2)29-15-18(4)25-22(28)30-23(5,6)7/h9-11,14,18H,8,12-13,15H2,1-7H3,(H,25,28)(H,26,27)/b17-9+/t18-/m0/s1. The molecule has 0 aliphatic heterocycles. The lowest BCUT2D eigenvalue weighted by Crippen LogP contribution is -2.40. The van der Waals surface area contributed by atoms with E-state index in [1.165, 1.54) is 5.57 Å². The van der Waals surface area contributed by atoms with Crippen molar-refractivity contribution in [2.45, 2.75) is 84.9 Å². The van der Waals surface area contributed by atoms with Gasteiger partial charge in [-0.05, 0) is 78.5 Å². The molecule has 2 amide bonds. The van der Waals surface area contributed by atoms with Gasteiger partial charge in [0.05, 0.1) is 11.6 Å². The topological polar surface area (TPSA) is 76.7 Å². The highest BCUT2D eigenvalue weighted by atomic mass is 16.6. The van der Waals surface area contributed by atoms with Crippen LogP contribution in [0.5, 0.6) is 5.75 Å². The quantitative estimate of drug-likeness (QED) is 0.591. The Bertz CT molecular complexity index is 804. The molecule has 1 saturated carbocycles. The molecule has 1 fully saturated rings. The largest absolute Gasteiger partial charge is 0.491 e. The number of ether oxygens (including phenoxy) is 2. The van der Waals surface area contributed by atoms with Gasteiger partial charge in [-0.15, -0.1) is 0 Å². The highest BCUT2D eigenvalue weighted by molar-refractivity contribution is 5.97. The average molecular weight is 417 g/mol. The maximum absolute atomic E-state index is 12.9. The van der Waals surface area contributed by atoms with E-state index in [2.05, 4.69) is 30.6 Å². The molecule has 0 bridgehead atoms. The molecule has 1 aromatic carbocycles. The van der Waals surface area contributed by atoms with Gasteiger partial charge in [0.25, 0.3) is 5.91 Å². The first kappa shape index (κ1) is 23.8. The molecule has 166 valence electrons. The lowest BCUT2D eigenvalue weighted by Gasteiger charge is -2.22. The van der Waals surface area contributed by atoms with E-state index in [0.717, 1.165) is 24.8 Å². The van der Waals surface area contributed by atoms with Crippen molar-refractivity contribution < 1.29 is 19.1 Å². The maximum Gasteiger partial charge on any atom is 0.407 e. The summed E-state index contributed by atoms with van der Waals surface area (Å²) >= 11 is 0. The van der Waals surface area contributed by atoms with Gasteiger partial charge < -0.3 is 20.1 Å².